The van der Waals surface area contributed by atoms with Crippen LogP contribution in [0.15, 0.2) is 47.5 Å². The number of carbonyl (C=O) groups excluding carboxylic acids is 1. The topological polar surface area (TPSA) is 76.5 Å². The van der Waals surface area contributed by atoms with Crippen molar-refractivity contribution in [2.45, 2.75) is 6.54 Å². The van der Waals surface area contributed by atoms with E-state index in [4.69, 9.17) is 4.74 Å². The molecule has 0 atom stereocenters. The summed E-state index contributed by atoms with van der Waals surface area (Å²) in [6, 6.07) is 8.46. The lowest BCUT2D eigenvalue weighted by Crippen LogP contribution is -2.36. The van der Waals surface area contributed by atoms with Gasteiger partial charge in [0.25, 0.3) is 5.56 Å². The van der Waals surface area contributed by atoms with Crippen molar-refractivity contribution in [1.82, 2.24) is 9.55 Å². The first kappa shape index (κ1) is 15.2. The van der Waals surface area contributed by atoms with Crippen molar-refractivity contribution in [3.8, 4) is 0 Å². The standard InChI is InChI=1S/C16H18N4O3/c21-15(12-20-6-2-1-3-16(20)22)18-13-4-5-14(17-11-13)19-7-9-23-10-8-19/h1-6,11H,7-10,12H2,(H,18,21). The smallest absolute Gasteiger partial charge is 0.250 e. The average molecular weight is 314 g/mol. The van der Waals surface area contributed by atoms with Crippen LogP contribution in [0.5, 0.6) is 0 Å². The molecule has 0 radical (unpaired) electrons. The number of pyridine rings is 2. The Kier molecular flexibility index (Phi) is 4.68. The van der Waals surface area contributed by atoms with Crippen LogP contribution in [0.25, 0.3) is 0 Å². The van der Waals surface area contributed by atoms with Crippen LogP contribution in [0, 0.1) is 0 Å². The van der Waals surface area contributed by atoms with Gasteiger partial charge in [-0.25, -0.2) is 4.98 Å². The molecule has 3 rings (SSSR count). The van der Waals surface area contributed by atoms with E-state index in [9.17, 15) is 9.59 Å². The summed E-state index contributed by atoms with van der Waals surface area (Å²) in [6.45, 7) is 3.01. The Labute approximate surface area is 133 Å². The van der Waals surface area contributed by atoms with Crippen LogP contribution in [-0.4, -0.2) is 41.8 Å². The second-order valence-corrected chi connectivity index (χ2v) is 5.22. The molecule has 2 aromatic rings. The van der Waals surface area contributed by atoms with Gasteiger partial charge in [-0.15, -0.1) is 0 Å². The van der Waals surface area contributed by atoms with E-state index in [1.165, 1.54) is 10.6 Å². The van der Waals surface area contributed by atoms with Crippen molar-refractivity contribution in [2.75, 3.05) is 36.5 Å². The van der Waals surface area contributed by atoms with Gasteiger partial charge in [0.2, 0.25) is 5.91 Å². The molecule has 23 heavy (non-hydrogen) atoms. The number of rotatable bonds is 4. The first-order chi connectivity index (χ1) is 11.2. The van der Waals surface area contributed by atoms with E-state index in [1.54, 1.807) is 24.5 Å². The second-order valence-electron chi connectivity index (χ2n) is 5.22. The van der Waals surface area contributed by atoms with Crippen molar-refractivity contribution in [1.29, 1.82) is 0 Å². The molecule has 0 spiro atoms. The van der Waals surface area contributed by atoms with Gasteiger partial charge in [0.05, 0.1) is 25.1 Å². The van der Waals surface area contributed by atoms with E-state index in [1.807, 2.05) is 12.1 Å². The molecule has 3 heterocycles. The molecule has 0 saturated carbocycles. The van der Waals surface area contributed by atoms with Crippen molar-refractivity contribution in [3.63, 3.8) is 0 Å². The van der Waals surface area contributed by atoms with E-state index < -0.39 is 0 Å². The van der Waals surface area contributed by atoms with Gasteiger partial charge in [-0.2, -0.15) is 0 Å². The average Bonchev–Trinajstić information content (AvgIpc) is 2.58. The fourth-order valence-corrected chi connectivity index (χ4v) is 2.39. The highest BCUT2D eigenvalue weighted by Gasteiger charge is 2.12. The number of amides is 1. The molecule has 7 heteroatoms. The maximum absolute atomic E-state index is 12.0. The lowest BCUT2D eigenvalue weighted by Gasteiger charge is -2.27. The van der Waals surface area contributed by atoms with E-state index in [0.29, 0.717) is 18.9 Å². The molecule has 1 aliphatic rings. The zero-order chi connectivity index (χ0) is 16.1. The van der Waals surface area contributed by atoms with E-state index >= 15 is 0 Å². The molecule has 120 valence electrons. The fourth-order valence-electron chi connectivity index (χ4n) is 2.39. The van der Waals surface area contributed by atoms with Gasteiger partial charge in [0.1, 0.15) is 12.4 Å². The number of carbonyl (C=O) groups is 1. The summed E-state index contributed by atoms with van der Waals surface area (Å²) in [7, 11) is 0. The summed E-state index contributed by atoms with van der Waals surface area (Å²) in [5, 5.41) is 2.74. The van der Waals surface area contributed by atoms with Gasteiger partial charge in [0, 0.05) is 25.4 Å². The van der Waals surface area contributed by atoms with Gasteiger partial charge in [0.15, 0.2) is 0 Å². The lowest BCUT2D eigenvalue weighted by atomic mass is 10.3. The summed E-state index contributed by atoms with van der Waals surface area (Å²) in [6.07, 6.45) is 3.21. The van der Waals surface area contributed by atoms with E-state index in [-0.39, 0.29) is 18.0 Å². The third-order valence-corrected chi connectivity index (χ3v) is 3.58. The van der Waals surface area contributed by atoms with Crippen molar-refractivity contribution in [3.05, 3.63) is 53.1 Å². The van der Waals surface area contributed by atoms with Crippen LogP contribution in [0.4, 0.5) is 11.5 Å². The van der Waals surface area contributed by atoms with Crippen LogP contribution in [0.3, 0.4) is 0 Å². The van der Waals surface area contributed by atoms with Crippen molar-refractivity contribution < 1.29 is 9.53 Å². The largest absolute Gasteiger partial charge is 0.378 e. The zero-order valence-electron chi connectivity index (χ0n) is 12.6. The molecule has 0 aliphatic carbocycles. The Morgan fingerprint density at radius 2 is 2.04 bits per heavy atom. The lowest BCUT2D eigenvalue weighted by molar-refractivity contribution is -0.116. The first-order valence-corrected chi connectivity index (χ1v) is 7.46. The SMILES string of the molecule is O=C(Cn1ccccc1=O)Nc1ccc(N2CCOCC2)nc1. The minimum atomic E-state index is -0.265. The van der Waals surface area contributed by atoms with Crippen LogP contribution in [-0.2, 0) is 16.1 Å². The zero-order valence-corrected chi connectivity index (χ0v) is 12.6. The predicted octanol–water partition coefficient (Wildman–Crippen LogP) is 0.719. The van der Waals surface area contributed by atoms with Gasteiger partial charge in [-0.05, 0) is 18.2 Å². The summed E-state index contributed by atoms with van der Waals surface area (Å²) >= 11 is 0. The maximum atomic E-state index is 12.0. The normalized spacial score (nSPS) is 14.5. The minimum Gasteiger partial charge on any atom is -0.378 e. The molecule has 0 unspecified atom stereocenters. The van der Waals surface area contributed by atoms with E-state index in [0.717, 1.165) is 18.9 Å². The molecule has 1 amide bonds. The summed E-state index contributed by atoms with van der Waals surface area (Å²) < 4.78 is 6.66. The number of ether oxygens (including phenoxy) is 1. The van der Waals surface area contributed by atoms with Crippen molar-refractivity contribution >= 4 is 17.4 Å². The number of hydrogen-bond donors (Lipinski definition) is 1. The third-order valence-electron chi connectivity index (χ3n) is 3.58. The Balaban J connectivity index is 1.60. The van der Waals surface area contributed by atoms with Gasteiger partial charge in [-0.3, -0.25) is 9.59 Å². The Morgan fingerprint density at radius 1 is 1.22 bits per heavy atom. The number of nitrogens with zero attached hydrogens (tertiary/aromatic N) is 3. The molecule has 1 saturated heterocycles. The molecule has 0 bridgehead atoms. The highest BCUT2D eigenvalue weighted by molar-refractivity contribution is 5.90. The molecule has 1 aliphatic heterocycles. The quantitative estimate of drug-likeness (QED) is 0.900. The second kappa shape index (κ2) is 7.06. The molecular formula is C16H18N4O3. The Bertz CT molecular complexity index is 721. The van der Waals surface area contributed by atoms with Gasteiger partial charge >= 0.3 is 0 Å². The van der Waals surface area contributed by atoms with Crippen LogP contribution in [0.1, 0.15) is 0 Å². The number of morpholine rings is 1. The summed E-state index contributed by atoms with van der Waals surface area (Å²) in [5.41, 5.74) is 0.402. The minimum absolute atomic E-state index is 0.0229. The van der Waals surface area contributed by atoms with E-state index in [2.05, 4.69) is 15.2 Å². The van der Waals surface area contributed by atoms with Crippen LogP contribution < -0.4 is 15.8 Å². The Morgan fingerprint density at radius 3 is 2.74 bits per heavy atom. The van der Waals surface area contributed by atoms with Crippen LogP contribution in [0.2, 0.25) is 0 Å². The maximum Gasteiger partial charge on any atom is 0.250 e. The third kappa shape index (κ3) is 3.95. The number of nitrogens with one attached hydrogen (secondary N) is 1. The first-order valence-electron chi connectivity index (χ1n) is 7.46. The molecule has 7 nitrogen and oxygen atoms in total. The number of hydrogen-bond acceptors (Lipinski definition) is 5. The highest BCUT2D eigenvalue weighted by Crippen LogP contribution is 2.15. The molecule has 2 aromatic heterocycles. The molecule has 1 fully saturated rings. The molecule has 1 N–H and O–H groups in total. The monoisotopic (exact) mass is 314 g/mol. The predicted molar refractivity (Wildman–Crippen MR) is 86.6 cm³/mol. The van der Waals surface area contributed by atoms with Crippen molar-refractivity contribution in [2.24, 2.45) is 0 Å². The van der Waals surface area contributed by atoms with Gasteiger partial charge in [-0.1, -0.05) is 6.07 Å². The Hall–Kier alpha value is -2.67. The molecule has 0 aromatic carbocycles. The fraction of sp³-hybridized carbons (Fsp3) is 0.312. The highest BCUT2D eigenvalue weighted by atomic mass is 16.5. The van der Waals surface area contributed by atoms with Gasteiger partial charge < -0.3 is 19.5 Å². The van der Waals surface area contributed by atoms with Crippen LogP contribution >= 0.6 is 0 Å². The molecular weight excluding hydrogens is 296 g/mol. The summed E-state index contributed by atoms with van der Waals surface area (Å²) in [5.74, 6) is 0.602. The summed E-state index contributed by atoms with van der Waals surface area (Å²) in [4.78, 5) is 30.1. The number of aromatic nitrogens is 2. The number of anilines is 2.